The van der Waals surface area contributed by atoms with E-state index in [1.807, 2.05) is 0 Å². The Morgan fingerprint density at radius 2 is 1.59 bits per heavy atom. The van der Waals surface area contributed by atoms with Crippen molar-refractivity contribution in [3.63, 3.8) is 0 Å². The minimum atomic E-state index is 0.192. The van der Waals surface area contributed by atoms with E-state index in [0.717, 1.165) is 41.9 Å². The van der Waals surface area contributed by atoms with E-state index in [9.17, 15) is 0 Å². The standard InChI is InChI=1S/C37H66/c1-14-19-37(13,24-26(4)5)25-31(10)33(12)28(7)20-34(16-3)17-18-36(27(6)15-2)23-35-21-29(8)32(11)30(9)22-35/h15,25,27-30,32,34-36H,2,4,12,14,16-24H2,1,3,5-11,13H3/b31-25+/t27?,28-,29-,30?,32?,34?,35?,36?,37+/m1/s1. The van der Waals surface area contributed by atoms with Crippen molar-refractivity contribution in [1.82, 2.24) is 0 Å². The predicted molar refractivity (Wildman–Crippen MR) is 170 cm³/mol. The summed E-state index contributed by atoms with van der Waals surface area (Å²) in [6, 6.07) is 0. The highest BCUT2D eigenvalue weighted by Crippen LogP contribution is 2.42. The van der Waals surface area contributed by atoms with E-state index in [4.69, 9.17) is 0 Å². The van der Waals surface area contributed by atoms with Crippen molar-refractivity contribution in [1.29, 1.82) is 0 Å². The average Bonchev–Trinajstić information content (AvgIpc) is 2.82. The van der Waals surface area contributed by atoms with Gasteiger partial charge in [0.15, 0.2) is 0 Å². The molecule has 0 amide bonds. The summed E-state index contributed by atoms with van der Waals surface area (Å²) in [5, 5.41) is 0. The van der Waals surface area contributed by atoms with Gasteiger partial charge in [-0.05, 0) is 117 Å². The molecule has 0 N–H and O–H groups in total. The van der Waals surface area contributed by atoms with E-state index >= 15 is 0 Å². The first kappa shape index (κ1) is 34.0. The second-order valence-electron chi connectivity index (χ2n) is 14.1. The molecule has 6 unspecified atom stereocenters. The van der Waals surface area contributed by atoms with Crippen LogP contribution in [0.15, 0.2) is 48.6 Å². The van der Waals surface area contributed by atoms with E-state index in [0.29, 0.717) is 11.8 Å². The van der Waals surface area contributed by atoms with Crippen LogP contribution in [0.25, 0.3) is 0 Å². The summed E-state index contributed by atoms with van der Waals surface area (Å²) in [5.74, 6) is 6.23. The van der Waals surface area contributed by atoms with Gasteiger partial charge in [0.25, 0.3) is 0 Å². The molecule has 0 saturated heterocycles. The van der Waals surface area contributed by atoms with Crippen molar-refractivity contribution >= 4 is 0 Å². The molecule has 0 nitrogen and oxygen atoms in total. The first-order valence-electron chi connectivity index (χ1n) is 15.9. The Kier molecular flexibility index (Phi) is 14.8. The highest BCUT2D eigenvalue weighted by atomic mass is 14.4. The first-order chi connectivity index (χ1) is 17.3. The zero-order valence-corrected chi connectivity index (χ0v) is 27.0. The molecule has 1 saturated carbocycles. The van der Waals surface area contributed by atoms with Crippen LogP contribution in [0.4, 0.5) is 0 Å². The van der Waals surface area contributed by atoms with Gasteiger partial charge in [-0.15, -0.1) is 13.2 Å². The zero-order chi connectivity index (χ0) is 28.3. The summed E-state index contributed by atoms with van der Waals surface area (Å²) in [5.41, 5.74) is 4.21. The van der Waals surface area contributed by atoms with Crippen molar-refractivity contribution in [3.05, 3.63) is 48.6 Å². The predicted octanol–water partition coefficient (Wildman–Crippen LogP) is 12.2. The fraction of sp³-hybridized carbons (Fsp3) is 0.784. The smallest absolute Gasteiger partial charge is 0.0104 e. The van der Waals surface area contributed by atoms with E-state index < -0.39 is 0 Å². The summed E-state index contributed by atoms with van der Waals surface area (Å²) < 4.78 is 0. The van der Waals surface area contributed by atoms with Gasteiger partial charge >= 0.3 is 0 Å². The topological polar surface area (TPSA) is 0 Å². The normalized spacial score (nSPS) is 27.6. The third-order valence-corrected chi connectivity index (χ3v) is 10.4. The van der Waals surface area contributed by atoms with Crippen LogP contribution in [0.3, 0.4) is 0 Å². The Morgan fingerprint density at radius 3 is 2.08 bits per heavy atom. The maximum atomic E-state index is 4.60. The van der Waals surface area contributed by atoms with Gasteiger partial charge in [0.05, 0.1) is 0 Å². The SMILES string of the molecule is C=CC(C)C(CCC(CC)C[C@@H](C)C(=C)/C(C)=C/[C@@](C)(CCC)CC(=C)C)CC1CC(C)C(C)[C@H](C)C1. The van der Waals surface area contributed by atoms with Gasteiger partial charge in [0, 0.05) is 0 Å². The van der Waals surface area contributed by atoms with Crippen molar-refractivity contribution in [3.8, 4) is 0 Å². The minimum Gasteiger partial charge on any atom is -0.103 e. The van der Waals surface area contributed by atoms with Crippen LogP contribution in [0.5, 0.6) is 0 Å². The van der Waals surface area contributed by atoms with Crippen LogP contribution in [0.2, 0.25) is 0 Å². The van der Waals surface area contributed by atoms with Crippen LogP contribution in [0.1, 0.15) is 133 Å². The number of allylic oxidation sites excluding steroid dienone is 5. The third kappa shape index (κ3) is 11.3. The van der Waals surface area contributed by atoms with Gasteiger partial charge < -0.3 is 0 Å². The van der Waals surface area contributed by atoms with Gasteiger partial charge in [-0.1, -0.05) is 105 Å². The largest absolute Gasteiger partial charge is 0.103 e. The first-order valence-corrected chi connectivity index (χ1v) is 15.9. The molecule has 1 rings (SSSR count). The van der Waals surface area contributed by atoms with Crippen LogP contribution in [-0.2, 0) is 0 Å². The molecule has 37 heavy (non-hydrogen) atoms. The second-order valence-corrected chi connectivity index (χ2v) is 14.1. The summed E-state index contributed by atoms with van der Waals surface area (Å²) in [4.78, 5) is 0. The van der Waals surface area contributed by atoms with E-state index in [-0.39, 0.29) is 5.41 Å². The molecule has 0 spiro atoms. The average molecular weight is 511 g/mol. The number of hydrogen-bond acceptors (Lipinski definition) is 0. The molecule has 0 aromatic carbocycles. The third-order valence-electron chi connectivity index (χ3n) is 10.4. The fourth-order valence-electron chi connectivity index (χ4n) is 7.60. The highest BCUT2D eigenvalue weighted by Gasteiger charge is 2.32. The lowest BCUT2D eigenvalue weighted by atomic mass is 9.66. The molecule has 0 aromatic rings. The van der Waals surface area contributed by atoms with Crippen molar-refractivity contribution in [2.45, 2.75) is 133 Å². The summed E-state index contributed by atoms with van der Waals surface area (Å²) >= 11 is 0. The molecule has 0 aromatic heterocycles. The van der Waals surface area contributed by atoms with Crippen LogP contribution < -0.4 is 0 Å². The fourth-order valence-corrected chi connectivity index (χ4v) is 7.60. The molecular formula is C37H66. The van der Waals surface area contributed by atoms with Gasteiger partial charge in [-0.3, -0.25) is 0 Å². The Hall–Kier alpha value is -1.04. The number of hydrogen-bond donors (Lipinski definition) is 0. The molecule has 0 aliphatic heterocycles. The van der Waals surface area contributed by atoms with Crippen LogP contribution in [-0.4, -0.2) is 0 Å². The van der Waals surface area contributed by atoms with Crippen LogP contribution >= 0.6 is 0 Å². The molecule has 1 aliphatic carbocycles. The van der Waals surface area contributed by atoms with Gasteiger partial charge in [0.1, 0.15) is 0 Å². The second kappa shape index (κ2) is 16.2. The molecule has 214 valence electrons. The van der Waals surface area contributed by atoms with Crippen molar-refractivity contribution < 1.29 is 0 Å². The molecule has 0 radical (unpaired) electrons. The van der Waals surface area contributed by atoms with E-state index in [1.165, 1.54) is 74.5 Å². The Morgan fingerprint density at radius 1 is 1.00 bits per heavy atom. The maximum Gasteiger partial charge on any atom is -0.0104 e. The van der Waals surface area contributed by atoms with Gasteiger partial charge in [-0.2, -0.15) is 0 Å². The minimum absolute atomic E-state index is 0.192. The molecule has 0 heteroatoms. The molecule has 9 atom stereocenters. The summed E-state index contributed by atoms with van der Waals surface area (Å²) in [7, 11) is 0. The quantitative estimate of drug-likeness (QED) is 0.135. The van der Waals surface area contributed by atoms with Crippen molar-refractivity contribution in [2.75, 3.05) is 0 Å². The van der Waals surface area contributed by atoms with Crippen LogP contribution in [0, 0.1) is 52.8 Å². The molecule has 0 bridgehead atoms. The molecular weight excluding hydrogens is 444 g/mol. The van der Waals surface area contributed by atoms with Crippen molar-refractivity contribution in [2.24, 2.45) is 52.8 Å². The molecule has 1 fully saturated rings. The monoisotopic (exact) mass is 511 g/mol. The lowest BCUT2D eigenvalue weighted by molar-refractivity contribution is 0.115. The molecule has 1 aliphatic rings. The molecule has 0 heterocycles. The lowest BCUT2D eigenvalue weighted by Gasteiger charge is -2.39. The summed E-state index contributed by atoms with van der Waals surface area (Å²) in [6.45, 7) is 36.8. The van der Waals surface area contributed by atoms with E-state index in [2.05, 4.69) is 101 Å². The highest BCUT2D eigenvalue weighted by molar-refractivity contribution is 5.30. The number of rotatable bonds is 17. The van der Waals surface area contributed by atoms with Gasteiger partial charge in [0.2, 0.25) is 0 Å². The Balaban J connectivity index is 2.81. The zero-order valence-electron chi connectivity index (χ0n) is 27.0. The van der Waals surface area contributed by atoms with E-state index in [1.54, 1.807) is 0 Å². The lowest BCUT2D eigenvalue weighted by Crippen LogP contribution is -2.29. The Bertz CT molecular complexity index is 725. The Labute approximate surface area is 234 Å². The summed E-state index contributed by atoms with van der Waals surface area (Å²) in [6.07, 6.45) is 17.7. The van der Waals surface area contributed by atoms with Gasteiger partial charge in [-0.25, -0.2) is 0 Å². The maximum absolute atomic E-state index is 4.60.